The van der Waals surface area contributed by atoms with Crippen molar-refractivity contribution < 1.29 is 18.3 Å². The Labute approximate surface area is 134 Å². The quantitative estimate of drug-likeness (QED) is 0.856. The number of thiophene rings is 1. The van der Waals surface area contributed by atoms with E-state index in [0.717, 1.165) is 20.5 Å². The lowest BCUT2D eigenvalue weighted by Gasteiger charge is -2.26. The molecule has 7 nitrogen and oxygen atoms in total. The smallest absolute Gasteiger partial charge is 0.278 e. The van der Waals surface area contributed by atoms with Gasteiger partial charge >= 0.3 is 0 Å². The number of aryl methyl sites for hydroxylation is 1. The van der Waals surface area contributed by atoms with Gasteiger partial charge in [-0.25, -0.2) is 13.4 Å². The second kappa shape index (κ2) is 5.07. The number of aromatic nitrogens is 1. The fourth-order valence-electron chi connectivity index (χ4n) is 2.06. The van der Waals surface area contributed by atoms with E-state index in [1.54, 1.807) is 18.4 Å². The minimum absolute atomic E-state index is 0.0378. The Hall–Kier alpha value is -1.91. The molecule has 0 radical (unpaired) electrons. The zero-order chi connectivity index (χ0) is 16.1. The first-order valence-corrected chi connectivity index (χ1v) is 9.20. The number of amides is 1. The number of hydrogen-bond acceptors (Lipinski definition) is 7. The third-order valence-electron chi connectivity index (χ3n) is 3.08. The summed E-state index contributed by atoms with van der Waals surface area (Å²) >= 11 is 2.25. The Morgan fingerprint density at radius 3 is 2.82 bits per heavy atom. The van der Waals surface area contributed by atoms with E-state index < -0.39 is 15.9 Å². The Morgan fingerprint density at radius 2 is 2.18 bits per heavy atom. The zero-order valence-electron chi connectivity index (χ0n) is 11.5. The lowest BCUT2D eigenvalue weighted by Crippen LogP contribution is -2.36. The first kappa shape index (κ1) is 15.0. The van der Waals surface area contributed by atoms with Crippen LogP contribution in [0.3, 0.4) is 0 Å². The molecule has 116 valence electrons. The highest BCUT2D eigenvalue weighted by Crippen LogP contribution is 2.39. The van der Waals surface area contributed by atoms with Gasteiger partial charge in [-0.2, -0.15) is 0 Å². The Kier molecular flexibility index (Phi) is 3.46. The van der Waals surface area contributed by atoms with Crippen molar-refractivity contribution in [2.45, 2.75) is 11.1 Å². The van der Waals surface area contributed by atoms with E-state index in [-0.39, 0.29) is 21.2 Å². The molecular formula is C12H11N3O4S3. The van der Waals surface area contributed by atoms with Crippen molar-refractivity contribution in [3.05, 3.63) is 33.8 Å². The summed E-state index contributed by atoms with van der Waals surface area (Å²) in [4.78, 5) is 17.0. The first-order valence-electron chi connectivity index (χ1n) is 6.06. The number of carbonyl (C=O) groups excluding carboxylic acids is 1. The predicted octanol–water partition coefficient (Wildman–Crippen LogP) is 2.01. The summed E-state index contributed by atoms with van der Waals surface area (Å²) in [6.07, 6.45) is 1.51. The Bertz CT molecular complexity index is 881. The van der Waals surface area contributed by atoms with Crippen molar-refractivity contribution in [1.82, 2.24) is 9.29 Å². The summed E-state index contributed by atoms with van der Waals surface area (Å²) in [6, 6.07) is 1.55. The van der Waals surface area contributed by atoms with Gasteiger partial charge in [0.2, 0.25) is 0 Å². The molecule has 1 amide bonds. The van der Waals surface area contributed by atoms with Gasteiger partial charge in [-0.15, -0.1) is 22.7 Å². The molecule has 3 heterocycles. The fraction of sp³-hybridized carbons (Fsp3) is 0.167. The van der Waals surface area contributed by atoms with Crippen LogP contribution in [-0.4, -0.2) is 35.8 Å². The van der Waals surface area contributed by atoms with Gasteiger partial charge in [0.05, 0.1) is 5.56 Å². The molecule has 2 aromatic rings. The number of rotatable bonds is 2. The minimum atomic E-state index is -3.85. The second-order valence-corrected chi connectivity index (χ2v) is 8.83. The van der Waals surface area contributed by atoms with Crippen LogP contribution in [0.5, 0.6) is 0 Å². The molecule has 0 saturated carbocycles. The highest BCUT2D eigenvalue weighted by Gasteiger charge is 2.39. The molecule has 0 spiro atoms. The number of fused-ring (bicyclic) bond motifs is 1. The van der Waals surface area contributed by atoms with Crippen molar-refractivity contribution in [2.24, 2.45) is 0 Å². The van der Waals surface area contributed by atoms with Gasteiger partial charge in [0.25, 0.3) is 15.9 Å². The number of likely N-dealkylation sites (N-methyl/N-ethyl adjacent to an activating group) is 1. The average molecular weight is 357 g/mol. The number of aliphatic hydroxyl groups is 1. The lowest BCUT2D eigenvalue weighted by atomic mass is 10.2. The largest absolute Gasteiger partial charge is 0.505 e. The normalized spacial score (nSPS) is 16.5. The first-order chi connectivity index (χ1) is 10.3. The molecule has 2 N–H and O–H groups in total. The Morgan fingerprint density at radius 1 is 1.45 bits per heavy atom. The number of carbonyl (C=O) groups is 1. The summed E-state index contributed by atoms with van der Waals surface area (Å²) in [5, 5.41) is 14.8. The van der Waals surface area contributed by atoms with Crippen LogP contribution >= 0.6 is 22.7 Å². The average Bonchev–Trinajstić information content (AvgIpc) is 3.07. The molecule has 0 aliphatic carbocycles. The molecule has 0 bridgehead atoms. The molecule has 1 aliphatic heterocycles. The van der Waals surface area contributed by atoms with Crippen LogP contribution in [0.4, 0.5) is 5.13 Å². The van der Waals surface area contributed by atoms with Crippen molar-refractivity contribution >= 4 is 49.5 Å². The van der Waals surface area contributed by atoms with E-state index in [9.17, 15) is 18.3 Å². The van der Waals surface area contributed by atoms with Gasteiger partial charge in [-0.05, 0) is 13.0 Å². The highest BCUT2D eigenvalue weighted by molar-refractivity contribution is 7.91. The van der Waals surface area contributed by atoms with E-state index in [0.29, 0.717) is 5.13 Å². The standard InChI is InChI=1S/C12H11N3O4S3/c1-6-5-7-9(16)8(10(17)14-12-13-3-4-20-12)15(2)22(18,19)11(7)21-6/h3-5,16H,1-2H3,(H,13,14,17). The van der Waals surface area contributed by atoms with Crippen LogP contribution < -0.4 is 5.32 Å². The van der Waals surface area contributed by atoms with Crippen molar-refractivity contribution in [3.63, 3.8) is 0 Å². The third-order valence-corrected chi connectivity index (χ3v) is 7.09. The maximum atomic E-state index is 12.5. The van der Waals surface area contributed by atoms with Gasteiger partial charge < -0.3 is 5.11 Å². The lowest BCUT2D eigenvalue weighted by molar-refractivity contribution is -0.113. The van der Waals surface area contributed by atoms with E-state index in [2.05, 4.69) is 10.3 Å². The van der Waals surface area contributed by atoms with E-state index in [1.165, 1.54) is 24.6 Å². The van der Waals surface area contributed by atoms with Gasteiger partial charge in [0, 0.05) is 23.5 Å². The predicted molar refractivity (Wildman–Crippen MR) is 84.3 cm³/mol. The van der Waals surface area contributed by atoms with E-state index in [1.807, 2.05) is 0 Å². The molecule has 2 aromatic heterocycles. The highest BCUT2D eigenvalue weighted by atomic mass is 32.2. The number of aliphatic hydroxyl groups excluding tert-OH is 1. The summed E-state index contributed by atoms with van der Waals surface area (Å²) in [5.41, 5.74) is -0.162. The second-order valence-electron chi connectivity index (χ2n) is 4.52. The molecule has 0 saturated heterocycles. The number of sulfonamides is 1. The zero-order valence-corrected chi connectivity index (χ0v) is 14.0. The van der Waals surface area contributed by atoms with Crippen LogP contribution in [-0.2, 0) is 14.8 Å². The number of anilines is 1. The third kappa shape index (κ3) is 2.19. The molecular weight excluding hydrogens is 346 g/mol. The molecule has 0 aromatic carbocycles. The number of thiazole rings is 1. The summed E-state index contributed by atoms with van der Waals surface area (Å²) in [6.45, 7) is 1.74. The van der Waals surface area contributed by atoms with Crippen molar-refractivity contribution in [3.8, 4) is 0 Å². The van der Waals surface area contributed by atoms with Crippen LogP contribution in [0.1, 0.15) is 10.4 Å². The Balaban J connectivity index is 2.11. The number of nitrogens with zero attached hydrogens (tertiary/aromatic N) is 2. The van der Waals surface area contributed by atoms with Crippen molar-refractivity contribution in [2.75, 3.05) is 12.4 Å². The molecule has 0 atom stereocenters. The van der Waals surface area contributed by atoms with Gasteiger partial charge in [-0.3, -0.25) is 14.4 Å². The molecule has 10 heteroatoms. The maximum Gasteiger partial charge on any atom is 0.278 e. The molecule has 0 unspecified atom stereocenters. The molecule has 22 heavy (non-hydrogen) atoms. The summed E-state index contributed by atoms with van der Waals surface area (Å²) in [7, 11) is -2.61. The molecule has 0 fully saturated rings. The minimum Gasteiger partial charge on any atom is -0.505 e. The van der Waals surface area contributed by atoms with Crippen LogP contribution in [0.25, 0.3) is 5.76 Å². The van der Waals surface area contributed by atoms with Crippen LogP contribution in [0, 0.1) is 6.92 Å². The SMILES string of the molecule is Cc1cc2c(s1)S(=O)(=O)N(C)C(C(=O)Nc1nccs1)=C2O. The summed E-state index contributed by atoms with van der Waals surface area (Å²) < 4.78 is 25.8. The monoisotopic (exact) mass is 357 g/mol. The number of hydrogen-bond donors (Lipinski definition) is 2. The maximum absolute atomic E-state index is 12.5. The summed E-state index contributed by atoms with van der Waals surface area (Å²) in [5.74, 6) is -1.08. The van der Waals surface area contributed by atoms with Gasteiger partial charge in [0.1, 0.15) is 0 Å². The van der Waals surface area contributed by atoms with E-state index >= 15 is 0 Å². The van der Waals surface area contributed by atoms with E-state index in [4.69, 9.17) is 0 Å². The van der Waals surface area contributed by atoms with Crippen LogP contribution in [0.15, 0.2) is 27.5 Å². The molecule has 1 aliphatic rings. The fourth-order valence-corrected chi connectivity index (χ4v) is 5.56. The molecule has 3 rings (SSSR count). The van der Waals surface area contributed by atoms with Crippen LogP contribution in [0.2, 0.25) is 0 Å². The topological polar surface area (TPSA) is 99.6 Å². The van der Waals surface area contributed by atoms with Gasteiger partial charge in [0.15, 0.2) is 20.8 Å². The number of nitrogens with one attached hydrogen (secondary N) is 1. The van der Waals surface area contributed by atoms with Gasteiger partial charge in [-0.1, -0.05) is 0 Å². The van der Waals surface area contributed by atoms with Crippen molar-refractivity contribution in [1.29, 1.82) is 0 Å².